The van der Waals surface area contributed by atoms with Crippen LogP contribution in [0, 0.1) is 5.82 Å². The smallest absolute Gasteiger partial charge is 0.273 e. The number of benzene rings is 1. The van der Waals surface area contributed by atoms with Gasteiger partial charge in [0.05, 0.1) is 12.1 Å². The van der Waals surface area contributed by atoms with Gasteiger partial charge in [-0.1, -0.05) is 17.3 Å². The first-order valence-electron chi connectivity index (χ1n) is 7.66. The SMILES string of the molecule is C[C@@H](NC(=O)c1cc(-c2cccnc2)on1)[C@H](O)c1ccc(F)cc1. The topological polar surface area (TPSA) is 88.3 Å². The molecule has 1 aromatic carbocycles. The average Bonchev–Trinajstić information content (AvgIpc) is 3.13. The zero-order valence-corrected chi connectivity index (χ0v) is 13.4. The van der Waals surface area contributed by atoms with Gasteiger partial charge in [-0.15, -0.1) is 0 Å². The van der Waals surface area contributed by atoms with Crippen LogP contribution >= 0.6 is 0 Å². The molecule has 0 aliphatic carbocycles. The molecule has 128 valence electrons. The quantitative estimate of drug-likeness (QED) is 0.745. The molecule has 3 aromatic rings. The molecule has 2 atom stereocenters. The van der Waals surface area contributed by atoms with E-state index in [9.17, 15) is 14.3 Å². The minimum atomic E-state index is -0.978. The number of pyridine rings is 1. The Hall–Kier alpha value is -3.06. The van der Waals surface area contributed by atoms with Gasteiger partial charge < -0.3 is 14.9 Å². The van der Waals surface area contributed by atoms with E-state index in [1.54, 1.807) is 31.5 Å². The van der Waals surface area contributed by atoms with Crippen LogP contribution in [0.2, 0.25) is 0 Å². The Morgan fingerprint density at radius 1 is 1.28 bits per heavy atom. The number of aliphatic hydroxyl groups excluding tert-OH is 1. The lowest BCUT2D eigenvalue weighted by Crippen LogP contribution is -2.37. The maximum atomic E-state index is 13.0. The Labute approximate surface area is 143 Å². The number of rotatable bonds is 5. The Bertz CT molecular complexity index is 850. The van der Waals surface area contributed by atoms with Crippen molar-refractivity contribution in [2.24, 2.45) is 0 Å². The van der Waals surface area contributed by atoms with Crippen LogP contribution < -0.4 is 5.32 Å². The molecule has 3 rings (SSSR count). The number of carbonyl (C=O) groups is 1. The largest absolute Gasteiger partial charge is 0.386 e. The molecule has 2 aromatic heterocycles. The van der Waals surface area contributed by atoms with Crippen molar-refractivity contribution in [2.45, 2.75) is 19.1 Å². The lowest BCUT2D eigenvalue weighted by Gasteiger charge is -2.20. The molecule has 0 spiro atoms. The first-order chi connectivity index (χ1) is 12.0. The summed E-state index contributed by atoms with van der Waals surface area (Å²) in [4.78, 5) is 16.2. The fourth-order valence-electron chi connectivity index (χ4n) is 2.34. The summed E-state index contributed by atoms with van der Waals surface area (Å²) >= 11 is 0. The van der Waals surface area contributed by atoms with Crippen molar-refractivity contribution in [1.82, 2.24) is 15.5 Å². The summed E-state index contributed by atoms with van der Waals surface area (Å²) in [5.74, 6) is -0.448. The summed E-state index contributed by atoms with van der Waals surface area (Å²) in [5, 5.41) is 16.7. The van der Waals surface area contributed by atoms with Gasteiger partial charge in [0.15, 0.2) is 11.5 Å². The molecule has 2 N–H and O–H groups in total. The Morgan fingerprint density at radius 3 is 2.72 bits per heavy atom. The van der Waals surface area contributed by atoms with Crippen molar-refractivity contribution in [3.63, 3.8) is 0 Å². The highest BCUT2D eigenvalue weighted by Gasteiger charge is 2.21. The molecular formula is C18H16FN3O3. The Morgan fingerprint density at radius 2 is 2.04 bits per heavy atom. The van der Waals surface area contributed by atoms with E-state index in [4.69, 9.17) is 4.52 Å². The third-order valence-electron chi connectivity index (χ3n) is 3.73. The molecule has 0 saturated carbocycles. The molecule has 0 aliphatic rings. The molecule has 6 nitrogen and oxygen atoms in total. The van der Waals surface area contributed by atoms with Gasteiger partial charge in [0, 0.05) is 24.0 Å². The highest BCUT2D eigenvalue weighted by atomic mass is 19.1. The second kappa shape index (κ2) is 7.23. The lowest BCUT2D eigenvalue weighted by atomic mass is 10.0. The van der Waals surface area contributed by atoms with E-state index in [0.29, 0.717) is 16.9 Å². The number of nitrogens with one attached hydrogen (secondary N) is 1. The fourth-order valence-corrected chi connectivity index (χ4v) is 2.34. The maximum Gasteiger partial charge on any atom is 0.273 e. The number of aromatic nitrogens is 2. The van der Waals surface area contributed by atoms with Crippen LogP contribution in [0.1, 0.15) is 29.1 Å². The van der Waals surface area contributed by atoms with Crippen LogP contribution in [-0.2, 0) is 0 Å². The first-order valence-corrected chi connectivity index (χ1v) is 7.66. The summed E-state index contributed by atoms with van der Waals surface area (Å²) in [6, 6.07) is 9.89. The third kappa shape index (κ3) is 3.89. The molecule has 7 heteroatoms. The molecule has 1 amide bonds. The first kappa shape index (κ1) is 16.8. The zero-order valence-electron chi connectivity index (χ0n) is 13.4. The molecule has 25 heavy (non-hydrogen) atoms. The van der Waals surface area contributed by atoms with Crippen LogP contribution in [0.5, 0.6) is 0 Å². The highest BCUT2D eigenvalue weighted by Crippen LogP contribution is 2.20. The molecule has 0 fully saturated rings. The van der Waals surface area contributed by atoms with Crippen molar-refractivity contribution in [3.05, 3.63) is 71.9 Å². The Balaban J connectivity index is 1.67. The van der Waals surface area contributed by atoms with E-state index in [-0.39, 0.29) is 5.69 Å². The van der Waals surface area contributed by atoms with E-state index in [1.807, 2.05) is 0 Å². The lowest BCUT2D eigenvalue weighted by molar-refractivity contribution is 0.0843. The molecule has 2 heterocycles. The fraction of sp³-hybridized carbons (Fsp3) is 0.167. The van der Waals surface area contributed by atoms with Gasteiger partial charge in [0.25, 0.3) is 5.91 Å². The zero-order chi connectivity index (χ0) is 17.8. The number of carbonyl (C=O) groups excluding carboxylic acids is 1. The van der Waals surface area contributed by atoms with E-state index in [2.05, 4.69) is 15.5 Å². The summed E-state index contributed by atoms with van der Waals surface area (Å²) in [5.41, 5.74) is 1.30. The van der Waals surface area contributed by atoms with Gasteiger partial charge in [0.2, 0.25) is 0 Å². The number of hydrogen-bond donors (Lipinski definition) is 2. The second-order valence-corrected chi connectivity index (χ2v) is 5.58. The van der Waals surface area contributed by atoms with Gasteiger partial charge in [-0.05, 0) is 36.8 Å². The van der Waals surface area contributed by atoms with Gasteiger partial charge in [-0.3, -0.25) is 9.78 Å². The number of halogens is 1. The van der Waals surface area contributed by atoms with Gasteiger partial charge >= 0.3 is 0 Å². The Kier molecular flexibility index (Phi) is 4.85. The van der Waals surface area contributed by atoms with E-state index in [0.717, 1.165) is 0 Å². The van der Waals surface area contributed by atoms with Crippen molar-refractivity contribution < 1.29 is 18.8 Å². The molecule has 0 aliphatic heterocycles. The normalized spacial score (nSPS) is 13.2. The number of aliphatic hydroxyl groups is 1. The van der Waals surface area contributed by atoms with Crippen LogP contribution in [0.3, 0.4) is 0 Å². The molecular weight excluding hydrogens is 325 g/mol. The number of nitrogens with zero attached hydrogens (tertiary/aromatic N) is 2. The van der Waals surface area contributed by atoms with Crippen LogP contribution in [0.25, 0.3) is 11.3 Å². The van der Waals surface area contributed by atoms with E-state index in [1.165, 1.54) is 30.3 Å². The van der Waals surface area contributed by atoms with Gasteiger partial charge in [-0.2, -0.15) is 0 Å². The summed E-state index contributed by atoms with van der Waals surface area (Å²) in [7, 11) is 0. The van der Waals surface area contributed by atoms with Crippen molar-refractivity contribution in [2.75, 3.05) is 0 Å². The van der Waals surface area contributed by atoms with Crippen LogP contribution in [-0.4, -0.2) is 27.2 Å². The maximum absolute atomic E-state index is 13.0. The van der Waals surface area contributed by atoms with Gasteiger partial charge in [-0.25, -0.2) is 4.39 Å². The predicted molar refractivity (Wildman–Crippen MR) is 88.0 cm³/mol. The highest BCUT2D eigenvalue weighted by molar-refractivity contribution is 5.93. The van der Waals surface area contributed by atoms with Crippen LogP contribution in [0.15, 0.2) is 59.4 Å². The minimum Gasteiger partial charge on any atom is -0.386 e. The van der Waals surface area contributed by atoms with Crippen molar-refractivity contribution in [3.8, 4) is 11.3 Å². The summed E-state index contributed by atoms with van der Waals surface area (Å²) in [6.07, 6.45) is 2.25. The van der Waals surface area contributed by atoms with Gasteiger partial charge in [0.1, 0.15) is 5.82 Å². The number of amides is 1. The number of hydrogen-bond acceptors (Lipinski definition) is 5. The summed E-state index contributed by atoms with van der Waals surface area (Å²) in [6.45, 7) is 1.65. The van der Waals surface area contributed by atoms with Crippen molar-refractivity contribution in [1.29, 1.82) is 0 Å². The predicted octanol–water partition coefficient (Wildman–Crippen LogP) is 2.73. The monoisotopic (exact) mass is 341 g/mol. The van der Waals surface area contributed by atoms with Crippen LogP contribution in [0.4, 0.5) is 4.39 Å². The third-order valence-corrected chi connectivity index (χ3v) is 3.73. The molecule has 0 saturated heterocycles. The minimum absolute atomic E-state index is 0.0945. The average molecular weight is 341 g/mol. The second-order valence-electron chi connectivity index (χ2n) is 5.58. The molecule has 0 unspecified atom stereocenters. The molecule has 0 bridgehead atoms. The van der Waals surface area contributed by atoms with E-state index < -0.39 is 23.9 Å². The van der Waals surface area contributed by atoms with Crippen molar-refractivity contribution >= 4 is 5.91 Å². The summed E-state index contributed by atoms with van der Waals surface area (Å²) < 4.78 is 18.1. The molecule has 0 radical (unpaired) electrons. The van der Waals surface area contributed by atoms with E-state index >= 15 is 0 Å². The standard InChI is InChI=1S/C18H16FN3O3/c1-11(17(23)12-4-6-14(19)7-5-12)21-18(24)15-9-16(25-22-15)13-3-2-8-20-10-13/h2-11,17,23H,1H3,(H,21,24)/t11-,17+/m1/s1.